The number of furan rings is 1. The van der Waals surface area contributed by atoms with Gasteiger partial charge in [0.15, 0.2) is 0 Å². The maximum atomic E-state index is 5.73. The Labute approximate surface area is 110 Å². The molecule has 0 saturated heterocycles. The van der Waals surface area contributed by atoms with Crippen molar-refractivity contribution in [2.24, 2.45) is 17.8 Å². The molecule has 0 radical (unpaired) electrons. The summed E-state index contributed by atoms with van der Waals surface area (Å²) in [5, 5.41) is 3.71. The van der Waals surface area contributed by atoms with E-state index in [1.54, 1.807) is 0 Å². The van der Waals surface area contributed by atoms with E-state index < -0.39 is 0 Å². The van der Waals surface area contributed by atoms with Gasteiger partial charge in [0.2, 0.25) is 0 Å². The number of nitrogens with one attached hydrogen (secondary N) is 1. The summed E-state index contributed by atoms with van der Waals surface area (Å²) in [6.07, 6.45) is 5.79. The first-order valence-electron chi connectivity index (χ1n) is 7.52. The summed E-state index contributed by atoms with van der Waals surface area (Å²) < 4.78 is 5.73. The Morgan fingerprint density at radius 1 is 1.28 bits per heavy atom. The number of fused-ring (bicyclic) bond motifs is 1. The number of hydrogen-bond donors (Lipinski definition) is 1. The third kappa shape index (κ3) is 2.01. The van der Waals surface area contributed by atoms with Gasteiger partial charge in [-0.3, -0.25) is 0 Å². The van der Waals surface area contributed by atoms with Crippen LogP contribution < -0.4 is 5.32 Å². The van der Waals surface area contributed by atoms with Crippen LogP contribution in [0.5, 0.6) is 0 Å². The minimum absolute atomic E-state index is 0.528. The summed E-state index contributed by atoms with van der Waals surface area (Å²) >= 11 is 0. The Morgan fingerprint density at radius 2 is 1.94 bits per heavy atom. The van der Waals surface area contributed by atoms with E-state index in [-0.39, 0.29) is 0 Å². The summed E-state index contributed by atoms with van der Waals surface area (Å²) in [4.78, 5) is 0. The molecule has 1 aromatic rings. The van der Waals surface area contributed by atoms with Gasteiger partial charge >= 0.3 is 0 Å². The highest BCUT2D eigenvalue weighted by molar-refractivity contribution is 5.27. The molecular formula is C16H25NO. The minimum atomic E-state index is 0.528. The van der Waals surface area contributed by atoms with E-state index in [1.807, 2.05) is 0 Å². The molecule has 3 unspecified atom stereocenters. The molecule has 18 heavy (non-hydrogen) atoms. The number of aryl methyl sites for hydroxylation is 2. The molecule has 3 atom stereocenters. The fourth-order valence-corrected chi connectivity index (χ4v) is 4.17. The van der Waals surface area contributed by atoms with Crippen LogP contribution in [0.25, 0.3) is 0 Å². The van der Waals surface area contributed by atoms with Crippen LogP contribution >= 0.6 is 0 Å². The van der Waals surface area contributed by atoms with Crippen molar-refractivity contribution in [2.45, 2.75) is 52.5 Å². The molecule has 100 valence electrons. The smallest absolute Gasteiger partial charge is 0.105 e. The van der Waals surface area contributed by atoms with Crippen molar-refractivity contribution in [3.8, 4) is 0 Å². The molecule has 1 N–H and O–H groups in total. The highest BCUT2D eigenvalue weighted by Gasteiger charge is 2.54. The molecule has 2 aliphatic carbocycles. The monoisotopic (exact) mass is 247 g/mol. The van der Waals surface area contributed by atoms with Gasteiger partial charge in [0.1, 0.15) is 11.5 Å². The summed E-state index contributed by atoms with van der Waals surface area (Å²) in [6.45, 7) is 7.42. The van der Waals surface area contributed by atoms with E-state index in [1.165, 1.54) is 31.2 Å². The lowest BCUT2D eigenvalue weighted by atomic mass is 10.00. The highest BCUT2D eigenvalue weighted by Crippen LogP contribution is 2.60. The van der Waals surface area contributed by atoms with Crippen LogP contribution in [0.15, 0.2) is 10.5 Å². The van der Waals surface area contributed by atoms with Crippen LogP contribution in [0.3, 0.4) is 0 Å². The Bertz CT molecular complexity index is 411. The van der Waals surface area contributed by atoms with Crippen LogP contribution in [0, 0.1) is 31.6 Å². The van der Waals surface area contributed by atoms with Gasteiger partial charge in [-0.1, -0.05) is 19.8 Å². The summed E-state index contributed by atoms with van der Waals surface area (Å²) in [5.41, 5.74) is 1.41. The zero-order valence-corrected chi connectivity index (χ0v) is 11.8. The van der Waals surface area contributed by atoms with Crippen molar-refractivity contribution in [1.29, 1.82) is 0 Å². The van der Waals surface area contributed by atoms with Gasteiger partial charge in [-0.25, -0.2) is 0 Å². The van der Waals surface area contributed by atoms with Crippen molar-refractivity contribution in [3.63, 3.8) is 0 Å². The lowest BCUT2D eigenvalue weighted by molar-refractivity contribution is 0.439. The number of rotatable bonds is 4. The van der Waals surface area contributed by atoms with E-state index in [2.05, 4.69) is 32.2 Å². The second-order valence-corrected chi connectivity index (χ2v) is 6.09. The van der Waals surface area contributed by atoms with E-state index in [0.717, 1.165) is 35.8 Å². The molecule has 0 aliphatic heterocycles. The maximum Gasteiger partial charge on any atom is 0.105 e. The molecule has 1 heterocycles. The predicted octanol–water partition coefficient (Wildman–Crippen LogP) is 3.98. The summed E-state index contributed by atoms with van der Waals surface area (Å²) in [5.74, 6) is 4.99. The fourth-order valence-electron chi connectivity index (χ4n) is 4.17. The van der Waals surface area contributed by atoms with Crippen LogP contribution in [-0.2, 0) is 0 Å². The van der Waals surface area contributed by atoms with Crippen LogP contribution in [0.1, 0.15) is 55.7 Å². The van der Waals surface area contributed by atoms with Crippen LogP contribution in [0.2, 0.25) is 0 Å². The third-order valence-electron chi connectivity index (χ3n) is 4.95. The topological polar surface area (TPSA) is 25.2 Å². The van der Waals surface area contributed by atoms with Gasteiger partial charge in [-0.2, -0.15) is 0 Å². The molecule has 0 spiro atoms. The fraction of sp³-hybridized carbons (Fsp3) is 0.750. The van der Waals surface area contributed by atoms with Crippen molar-refractivity contribution in [2.75, 3.05) is 6.54 Å². The zero-order chi connectivity index (χ0) is 12.7. The van der Waals surface area contributed by atoms with Gasteiger partial charge in [-0.15, -0.1) is 0 Å². The zero-order valence-electron chi connectivity index (χ0n) is 11.8. The highest BCUT2D eigenvalue weighted by atomic mass is 16.3. The molecule has 2 heteroatoms. The summed E-state index contributed by atoms with van der Waals surface area (Å²) in [7, 11) is 0. The largest absolute Gasteiger partial charge is 0.466 e. The Morgan fingerprint density at radius 3 is 2.44 bits per heavy atom. The Balaban J connectivity index is 1.82. The minimum Gasteiger partial charge on any atom is -0.466 e. The number of hydrogen-bond acceptors (Lipinski definition) is 2. The second kappa shape index (κ2) is 4.73. The van der Waals surface area contributed by atoms with Crippen LogP contribution in [0.4, 0.5) is 0 Å². The van der Waals surface area contributed by atoms with Crippen molar-refractivity contribution >= 4 is 0 Å². The van der Waals surface area contributed by atoms with Gasteiger partial charge in [0, 0.05) is 11.6 Å². The normalized spacial score (nSPS) is 32.1. The molecule has 2 aliphatic rings. The molecule has 2 saturated carbocycles. The van der Waals surface area contributed by atoms with E-state index in [9.17, 15) is 0 Å². The maximum absolute atomic E-state index is 5.73. The first-order valence-corrected chi connectivity index (χ1v) is 7.52. The first-order chi connectivity index (χ1) is 8.72. The average Bonchev–Trinajstić information content (AvgIpc) is 2.98. The lowest BCUT2D eigenvalue weighted by Gasteiger charge is -2.17. The SMILES string of the molecule is CCNC(c1cc(C)oc1C)C1C2CCCCC21. The van der Waals surface area contributed by atoms with E-state index in [4.69, 9.17) is 4.42 Å². The molecule has 1 aromatic heterocycles. The van der Waals surface area contributed by atoms with Gasteiger partial charge in [-0.05, 0) is 57.1 Å². The van der Waals surface area contributed by atoms with E-state index >= 15 is 0 Å². The molecule has 3 rings (SSSR count). The van der Waals surface area contributed by atoms with Gasteiger partial charge < -0.3 is 9.73 Å². The van der Waals surface area contributed by atoms with Crippen molar-refractivity contribution < 1.29 is 4.42 Å². The van der Waals surface area contributed by atoms with E-state index in [0.29, 0.717) is 6.04 Å². The predicted molar refractivity (Wildman–Crippen MR) is 73.5 cm³/mol. The molecule has 2 nitrogen and oxygen atoms in total. The first kappa shape index (κ1) is 12.3. The summed E-state index contributed by atoms with van der Waals surface area (Å²) in [6, 6.07) is 2.77. The second-order valence-electron chi connectivity index (χ2n) is 6.09. The average molecular weight is 247 g/mol. The van der Waals surface area contributed by atoms with Crippen molar-refractivity contribution in [1.82, 2.24) is 5.32 Å². The Kier molecular flexibility index (Phi) is 3.23. The van der Waals surface area contributed by atoms with Gasteiger partial charge in [0.25, 0.3) is 0 Å². The van der Waals surface area contributed by atoms with Gasteiger partial charge in [0.05, 0.1) is 0 Å². The lowest BCUT2D eigenvalue weighted by Crippen LogP contribution is -2.24. The van der Waals surface area contributed by atoms with Crippen molar-refractivity contribution in [3.05, 3.63) is 23.2 Å². The molecular weight excluding hydrogens is 222 g/mol. The quantitative estimate of drug-likeness (QED) is 0.870. The van der Waals surface area contributed by atoms with Crippen LogP contribution in [-0.4, -0.2) is 6.54 Å². The molecule has 0 bridgehead atoms. The molecule has 0 amide bonds. The third-order valence-corrected chi connectivity index (χ3v) is 4.95. The molecule has 2 fully saturated rings. The Hall–Kier alpha value is -0.760. The standard InChI is InChI=1S/C16H25NO/c1-4-17-16(14-9-10(2)18-11(14)3)15-12-7-5-6-8-13(12)15/h9,12-13,15-17H,4-8H2,1-3H3. The molecule has 0 aromatic carbocycles.